The first kappa shape index (κ1) is 13.9. The van der Waals surface area contributed by atoms with Gasteiger partial charge in [-0.1, -0.05) is 11.6 Å². The standard InChI is InChI=1S/C11H10ClF4N3/c12-6-4-9-8(5-7(6)13)18-10(17)19(9)3-1-2-11(14,15)16/h4-5H,1-3H2,(H2,17,18). The van der Waals surface area contributed by atoms with Crippen molar-refractivity contribution in [3.63, 3.8) is 0 Å². The van der Waals surface area contributed by atoms with Crippen LogP contribution in [0.4, 0.5) is 23.5 Å². The molecule has 8 heteroatoms. The predicted octanol–water partition coefficient (Wildman–Crippen LogP) is 3.75. The van der Waals surface area contributed by atoms with Crippen LogP contribution in [0.25, 0.3) is 11.0 Å². The quantitative estimate of drug-likeness (QED) is 0.876. The van der Waals surface area contributed by atoms with Crippen molar-refractivity contribution in [2.75, 3.05) is 5.73 Å². The van der Waals surface area contributed by atoms with Crippen molar-refractivity contribution in [3.8, 4) is 0 Å². The number of hydrogen-bond acceptors (Lipinski definition) is 2. The van der Waals surface area contributed by atoms with E-state index in [9.17, 15) is 17.6 Å². The van der Waals surface area contributed by atoms with Crippen molar-refractivity contribution in [1.29, 1.82) is 0 Å². The average molecular weight is 296 g/mol. The fraction of sp³-hybridized carbons (Fsp3) is 0.364. The Labute approximate surface area is 111 Å². The zero-order valence-corrected chi connectivity index (χ0v) is 10.4. The van der Waals surface area contributed by atoms with E-state index in [0.717, 1.165) is 6.07 Å². The summed E-state index contributed by atoms with van der Waals surface area (Å²) in [7, 11) is 0. The molecule has 0 amide bonds. The van der Waals surface area contributed by atoms with Crippen LogP contribution < -0.4 is 5.73 Å². The van der Waals surface area contributed by atoms with Crippen LogP contribution in [-0.2, 0) is 6.54 Å². The molecule has 0 saturated heterocycles. The largest absolute Gasteiger partial charge is 0.389 e. The van der Waals surface area contributed by atoms with Crippen LogP contribution in [0.2, 0.25) is 5.02 Å². The third kappa shape index (κ3) is 3.09. The minimum absolute atomic E-state index is 0.0406. The van der Waals surface area contributed by atoms with Gasteiger partial charge in [-0.05, 0) is 12.5 Å². The summed E-state index contributed by atoms with van der Waals surface area (Å²) < 4.78 is 50.9. The number of nitrogen functional groups attached to an aromatic ring is 1. The van der Waals surface area contributed by atoms with Crippen molar-refractivity contribution in [2.45, 2.75) is 25.6 Å². The second-order valence-electron chi connectivity index (χ2n) is 4.10. The molecule has 0 atom stereocenters. The van der Waals surface area contributed by atoms with Gasteiger partial charge in [0.25, 0.3) is 0 Å². The first-order valence-electron chi connectivity index (χ1n) is 5.45. The number of halogens is 5. The summed E-state index contributed by atoms with van der Waals surface area (Å²) in [5.74, 6) is -0.604. The molecular formula is C11H10ClF4N3. The van der Waals surface area contributed by atoms with Crippen LogP contribution in [0.1, 0.15) is 12.8 Å². The number of rotatable bonds is 3. The number of imidazole rings is 1. The van der Waals surface area contributed by atoms with E-state index in [1.807, 2.05) is 0 Å². The maximum atomic E-state index is 13.2. The SMILES string of the molecule is Nc1nc2cc(F)c(Cl)cc2n1CCCC(F)(F)F. The van der Waals surface area contributed by atoms with E-state index in [1.165, 1.54) is 10.6 Å². The van der Waals surface area contributed by atoms with E-state index in [-0.39, 0.29) is 29.5 Å². The Kier molecular flexibility index (Phi) is 3.58. The lowest BCUT2D eigenvalue weighted by atomic mass is 10.2. The molecule has 0 unspecified atom stereocenters. The zero-order chi connectivity index (χ0) is 14.2. The summed E-state index contributed by atoms with van der Waals surface area (Å²) in [5.41, 5.74) is 6.30. The smallest absolute Gasteiger partial charge is 0.369 e. The van der Waals surface area contributed by atoms with E-state index in [0.29, 0.717) is 5.52 Å². The number of aryl methyl sites for hydroxylation is 1. The Morgan fingerprint density at radius 1 is 1.32 bits per heavy atom. The number of fused-ring (bicyclic) bond motifs is 1. The third-order valence-electron chi connectivity index (χ3n) is 2.66. The van der Waals surface area contributed by atoms with Crippen molar-refractivity contribution < 1.29 is 17.6 Å². The lowest BCUT2D eigenvalue weighted by Gasteiger charge is -2.08. The van der Waals surface area contributed by atoms with E-state index in [4.69, 9.17) is 17.3 Å². The number of benzene rings is 1. The fourth-order valence-electron chi connectivity index (χ4n) is 1.81. The Balaban J connectivity index is 2.27. The van der Waals surface area contributed by atoms with Crippen molar-refractivity contribution in [1.82, 2.24) is 9.55 Å². The molecule has 0 aliphatic carbocycles. The normalized spacial score (nSPS) is 12.3. The molecule has 104 valence electrons. The molecule has 0 saturated carbocycles. The lowest BCUT2D eigenvalue weighted by Crippen LogP contribution is -2.10. The molecule has 3 nitrogen and oxygen atoms in total. The summed E-state index contributed by atoms with van der Waals surface area (Å²) in [5, 5.41) is -0.121. The van der Waals surface area contributed by atoms with Gasteiger partial charge < -0.3 is 10.3 Å². The molecule has 0 fully saturated rings. The van der Waals surface area contributed by atoms with Gasteiger partial charge in [0, 0.05) is 19.0 Å². The Morgan fingerprint density at radius 2 is 2.00 bits per heavy atom. The molecular weight excluding hydrogens is 286 g/mol. The number of alkyl halides is 3. The monoisotopic (exact) mass is 295 g/mol. The average Bonchev–Trinajstić information content (AvgIpc) is 2.55. The summed E-state index contributed by atoms with van der Waals surface area (Å²) in [6.07, 6.45) is -5.26. The highest BCUT2D eigenvalue weighted by Gasteiger charge is 2.26. The van der Waals surface area contributed by atoms with E-state index < -0.39 is 18.4 Å². The van der Waals surface area contributed by atoms with E-state index in [2.05, 4.69) is 4.98 Å². The molecule has 0 aliphatic heterocycles. The molecule has 2 rings (SSSR count). The van der Waals surface area contributed by atoms with Crippen molar-refractivity contribution in [2.24, 2.45) is 0 Å². The minimum Gasteiger partial charge on any atom is -0.369 e. The van der Waals surface area contributed by atoms with Gasteiger partial charge in [-0.2, -0.15) is 13.2 Å². The first-order valence-corrected chi connectivity index (χ1v) is 5.83. The van der Waals surface area contributed by atoms with Gasteiger partial charge in [0.15, 0.2) is 0 Å². The van der Waals surface area contributed by atoms with Crippen LogP contribution in [0.15, 0.2) is 12.1 Å². The van der Waals surface area contributed by atoms with Crippen LogP contribution in [0.5, 0.6) is 0 Å². The number of nitrogens with two attached hydrogens (primary N) is 1. The van der Waals surface area contributed by atoms with E-state index >= 15 is 0 Å². The van der Waals surface area contributed by atoms with E-state index in [1.54, 1.807) is 0 Å². The highest BCUT2D eigenvalue weighted by molar-refractivity contribution is 6.31. The lowest BCUT2D eigenvalue weighted by molar-refractivity contribution is -0.135. The second-order valence-corrected chi connectivity index (χ2v) is 4.50. The summed E-state index contributed by atoms with van der Waals surface area (Å²) in [4.78, 5) is 3.89. The van der Waals surface area contributed by atoms with Crippen molar-refractivity contribution >= 4 is 28.6 Å². The first-order chi connectivity index (χ1) is 8.78. The van der Waals surface area contributed by atoms with Crippen LogP contribution in [-0.4, -0.2) is 15.7 Å². The number of nitrogens with zero attached hydrogens (tertiary/aromatic N) is 2. The summed E-state index contributed by atoms with van der Waals surface area (Å²) >= 11 is 5.64. The number of hydrogen-bond donors (Lipinski definition) is 1. The molecule has 19 heavy (non-hydrogen) atoms. The third-order valence-corrected chi connectivity index (χ3v) is 2.95. The highest BCUT2D eigenvalue weighted by atomic mass is 35.5. The zero-order valence-electron chi connectivity index (χ0n) is 9.64. The van der Waals surface area contributed by atoms with Gasteiger partial charge in [-0.25, -0.2) is 9.37 Å². The molecule has 0 bridgehead atoms. The predicted molar refractivity (Wildman–Crippen MR) is 64.4 cm³/mol. The number of aromatic nitrogens is 2. The second kappa shape index (κ2) is 4.88. The van der Waals surface area contributed by atoms with Gasteiger partial charge in [-0.15, -0.1) is 0 Å². The molecule has 1 aromatic carbocycles. The molecule has 0 radical (unpaired) electrons. The highest BCUT2D eigenvalue weighted by Crippen LogP contribution is 2.26. The van der Waals surface area contributed by atoms with Crippen molar-refractivity contribution in [3.05, 3.63) is 23.0 Å². The maximum Gasteiger partial charge on any atom is 0.389 e. The molecule has 1 aromatic heterocycles. The molecule has 2 aromatic rings. The Hall–Kier alpha value is -1.50. The summed E-state index contributed by atoms with van der Waals surface area (Å²) in [6.45, 7) is 0.0454. The van der Waals surface area contributed by atoms with Gasteiger partial charge in [0.1, 0.15) is 5.82 Å². The molecule has 1 heterocycles. The Bertz CT molecular complexity index is 606. The molecule has 0 spiro atoms. The Morgan fingerprint density at radius 3 is 2.63 bits per heavy atom. The minimum atomic E-state index is -4.21. The van der Waals surface area contributed by atoms with Crippen LogP contribution >= 0.6 is 11.6 Å². The van der Waals surface area contributed by atoms with Gasteiger partial charge in [0.2, 0.25) is 5.95 Å². The fourth-order valence-corrected chi connectivity index (χ4v) is 1.97. The topological polar surface area (TPSA) is 43.8 Å². The molecule has 0 aliphatic rings. The van der Waals surface area contributed by atoms with Gasteiger partial charge in [0.05, 0.1) is 16.1 Å². The maximum absolute atomic E-state index is 13.2. The van der Waals surface area contributed by atoms with Gasteiger partial charge in [-0.3, -0.25) is 0 Å². The van der Waals surface area contributed by atoms with Crippen LogP contribution in [0.3, 0.4) is 0 Å². The number of anilines is 1. The van der Waals surface area contributed by atoms with Gasteiger partial charge >= 0.3 is 6.18 Å². The van der Waals surface area contributed by atoms with Crippen LogP contribution in [0, 0.1) is 5.82 Å². The molecule has 2 N–H and O–H groups in total. The summed E-state index contributed by atoms with van der Waals surface area (Å²) in [6, 6.07) is 2.41.